The molecule has 3 aromatic rings. The van der Waals surface area contributed by atoms with E-state index >= 15 is 0 Å². The minimum Gasteiger partial charge on any atom is -0.486 e. The number of ether oxygens (including phenoxy) is 2. The van der Waals surface area contributed by atoms with Gasteiger partial charge >= 0.3 is 0 Å². The monoisotopic (exact) mass is 384 g/mol. The largest absolute Gasteiger partial charge is 0.486 e. The number of carbonyl (C=O) groups is 1. The van der Waals surface area contributed by atoms with E-state index in [0.29, 0.717) is 16.7 Å². The summed E-state index contributed by atoms with van der Waals surface area (Å²) in [5.41, 5.74) is 3.91. The van der Waals surface area contributed by atoms with Gasteiger partial charge < -0.3 is 9.47 Å². The molecule has 0 saturated heterocycles. The molecule has 1 aromatic heterocycles. The number of hydrogen-bond donors (Lipinski definition) is 1. The summed E-state index contributed by atoms with van der Waals surface area (Å²) in [6.45, 7) is 2.07. The third-order valence-corrected chi connectivity index (χ3v) is 4.25. The van der Waals surface area contributed by atoms with Crippen LogP contribution in [0.5, 0.6) is 11.5 Å². The number of benzene rings is 2. The second kappa shape index (κ2) is 9.09. The van der Waals surface area contributed by atoms with E-state index in [1.54, 1.807) is 12.1 Å². The number of hydrogen-bond acceptors (Lipinski definition) is 6. The van der Waals surface area contributed by atoms with Crippen LogP contribution in [0, 0.1) is 6.92 Å². The molecule has 27 heavy (non-hydrogen) atoms. The Morgan fingerprint density at radius 3 is 2.44 bits per heavy atom. The van der Waals surface area contributed by atoms with Crippen LogP contribution in [-0.2, 0) is 11.4 Å². The minimum atomic E-state index is -0.314. The Hall–Kier alpha value is -3.00. The smallest absolute Gasteiger partial charge is 0.276 e. The number of rotatable bonds is 8. The average molecular weight is 384 g/mol. The van der Waals surface area contributed by atoms with Gasteiger partial charge in [-0.3, -0.25) is 10.2 Å². The summed E-state index contributed by atoms with van der Waals surface area (Å²) in [5, 5.41) is 8.74. The van der Waals surface area contributed by atoms with E-state index in [0.717, 1.165) is 11.3 Å². The van der Waals surface area contributed by atoms with Crippen LogP contribution in [0.1, 0.15) is 11.4 Å². The van der Waals surface area contributed by atoms with Gasteiger partial charge in [0.1, 0.15) is 18.1 Å². The van der Waals surface area contributed by atoms with Crippen molar-refractivity contribution in [3.05, 3.63) is 66.0 Å². The molecule has 0 aliphatic heterocycles. The van der Waals surface area contributed by atoms with Gasteiger partial charge in [-0.15, -0.1) is 10.2 Å². The van der Waals surface area contributed by atoms with E-state index < -0.39 is 0 Å². The summed E-state index contributed by atoms with van der Waals surface area (Å²) in [6.07, 6.45) is 1.86. The molecule has 140 valence electrons. The van der Waals surface area contributed by atoms with Gasteiger partial charge in [0.05, 0.1) is 0 Å². The minimum absolute atomic E-state index is 0.117. The molecule has 3 rings (SSSR count). The van der Waals surface area contributed by atoms with Crippen molar-refractivity contribution in [2.45, 2.75) is 18.7 Å². The van der Waals surface area contributed by atoms with Gasteiger partial charge in [0.15, 0.2) is 12.4 Å². The molecule has 1 heterocycles. The normalized spacial score (nSPS) is 10.4. The maximum Gasteiger partial charge on any atom is 0.276 e. The Labute approximate surface area is 161 Å². The Bertz CT molecular complexity index is 882. The number of para-hydroxylation sites is 1. The molecule has 0 aliphatic rings. The number of aromatic nitrogens is 3. The molecule has 0 fully saturated rings. The van der Waals surface area contributed by atoms with E-state index in [9.17, 15) is 4.79 Å². The third kappa shape index (κ3) is 5.24. The molecule has 1 N–H and O–H groups in total. The highest BCUT2D eigenvalue weighted by atomic mass is 32.2. The van der Waals surface area contributed by atoms with Crippen molar-refractivity contribution in [2.75, 3.05) is 18.3 Å². The standard InChI is InChI=1S/C19H20N4O3S/c1-14-8-10-16(11-9-14)25-12-17-20-21-19(27-2)23(17)22-18(24)13-26-15-6-4-3-5-7-15/h3-11H,12-13H2,1-2H3,(H,22,24). The third-order valence-electron chi connectivity index (χ3n) is 3.62. The summed E-state index contributed by atoms with van der Waals surface area (Å²) in [7, 11) is 0. The number of nitrogens with one attached hydrogen (secondary N) is 1. The van der Waals surface area contributed by atoms with Crippen molar-refractivity contribution in [3.63, 3.8) is 0 Å². The number of aryl methyl sites for hydroxylation is 1. The Balaban J connectivity index is 1.62. The van der Waals surface area contributed by atoms with E-state index in [4.69, 9.17) is 9.47 Å². The molecule has 8 heteroatoms. The van der Waals surface area contributed by atoms with Crippen molar-refractivity contribution >= 4 is 17.7 Å². The molecule has 0 radical (unpaired) electrons. The SMILES string of the molecule is CSc1nnc(COc2ccc(C)cc2)n1NC(=O)COc1ccccc1. The van der Waals surface area contributed by atoms with E-state index in [1.165, 1.54) is 16.4 Å². The highest BCUT2D eigenvalue weighted by Gasteiger charge is 2.15. The molecule has 0 saturated carbocycles. The van der Waals surface area contributed by atoms with Crippen molar-refractivity contribution in [2.24, 2.45) is 0 Å². The fourth-order valence-corrected chi connectivity index (χ4v) is 2.70. The molecule has 2 aromatic carbocycles. The predicted molar refractivity (Wildman–Crippen MR) is 104 cm³/mol. The van der Waals surface area contributed by atoms with Crippen molar-refractivity contribution in [3.8, 4) is 11.5 Å². The highest BCUT2D eigenvalue weighted by Crippen LogP contribution is 2.16. The van der Waals surface area contributed by atoms with E-state index in [-0.39, 0.29) is 19.1 Å². The quantitative estimate of drug-likeness (QED) is 0.602. The first kappa shape index (κ1) is 18.8. The van der Waals surface area contributed by atoms with Gasteiger partial charge in [-0.25, -0.2) is 4.68 Å². The van der Waals surface area contributed by atoms with Gasteiger partial charge in [0.25, 0.3) is 5.91 Å². The number of amides is 1. The Morgan fingerprint density at radius 2 is 1.74 bits per heavy atom. The molecule has 1 amide bonds. The number of thioether (sulfide) groups is 1. The second-order valence-corrected chi connectivity index (χ2v) is 6.45. The van der Waals surface area contributed by atoms with Gasteiger partial charge in [0.2, 0.25) is 5.16 Å². The van der Waals surface area contributed by atoms with E-state index in [2.05, 4.69) is 15.6 Å². The lowest BCUT2D eigenvalue weighted by atomic mass is 10.2. The summed E-state index contributed by atoms with van der Waals surface area (Å²) in [6, 6.07) is 16.9. The maximum absolute atomic E-state index is 12.3. The number of carbonyl (C=O) groups excluding carboxylic acids is 1. The van der Waals surface area contributed by atoms with Crippen LogP contribution in [0.3, 0.4) is 0 Å². The molecule has 7 nitrogen and oxygen atoms in total. The molecular weight excluding hydrogens is 364 g/mol. The van der Waals surface area contributed by atoms with Crippen molar-refractivity contribution in [1.29, 1.82) is 0 Å². The first-order valence-electron chi connectivity index (χ1n) is 8.31. The van der Waals surface area contributed by atoms with Gasteiger partial charge in [-0.2, -0.15) is 0 Å². The Morgan fingerprint density at radius 1 is 1.04 bits per heavy atom. The lowest BCUT2D eigenvalue weighted by Crippen LogP contribution is -2.30. The predicted octanol–water partition coefficient (Wildman–Crippen LogP) is 3.04. The zero-order valence-electron chi connectivity index (χ0n) is 15.1. The molecule has 0 unspecified atom stereocenters. The molecular formula is C19H20N4O3S. The molecule has 0 bridgehead atoms. The van der Waals surface area contributed by atoms with Gasteiger partial charge in [-0.05, 0) is 37.4 Å². The second-order valence-electron chi connectivity index (χ2n) is 5.68. The van der Waals surface area contributed by atoms with Gasteiger partial charge in [0, 0.05) is 0 Å². The fraction of sp³-hybridized carbons (Fsp3) is 0.211. The number of nitrogens with zero attached hydrogens (tertiary/aromatic N) is 3. The fourth-order valence-electron chi connectivity index (χ4n) is 2.24. The zero-order valence-corrected chi connectivity index (χ0v) is 15.9. The molecule has 0 spiro atoms. The Kier molecular flexibility index (Phi) is 6.32. The zero-order chi connectivity index (χ0) is 19.1. The topological polar surface area (TPSA) is 78.3 Å². The summed E-state index contributed by atoms with van der Waals surface area (Å²) >= 11 is 1.37. The molecule has 0 atom stereocenters. The molecule has 0 aliphatic carbocycles. The van der Waals surface area contributed by atoms with Crippen LogP contribution >= 0.6 is 11.8 Å². The average Bonchev–Trinajstić information content (AvgIpc) is 3.08. The lowest BCUT2D eigenvalue weighted by Gasteiger charge is -2.12. The van der Waals surface area contributed by atoms with Crippen LogP contribution in [0.4, 0.5) is 0 Å². The lowest BCUT2D eigenvalue weighted by molar-refractivity contribution is -0.119. The van der Waals surface area contributed by atoms with Crippen LogP contribution in [0.15, 0.2) is 59.8 Å². The van der Waals surface area contributed by atoms with Crippen LogP contribution < -0.4 is 14.9 Å². The maximum atomic E-state index is 12.3. The van der Waals surface area contributed by atoms with Crippen LogP contribution in [0.2, 0.25) is 0 Å². The summed E-state index contributed by atoms with van der Waals surface area (Å²) in [4.78, 5) is 12.3. The first-order valence-corrected chi connectivity index (χ1v) is 9.53. The van der Waals surface area contributed by atoms with Crippen LogP contribution in [-0.4, -0.2) is 33.6 Å². The highest BCUT2D eigenvalue weighted by molar-refractivity contribution is 7.98. The van der Waals surface area contributed by atoms with Gasteiger partial charge in [-0.1, -0.05) is 47.7 Å². The van der Waals surface area contributed by atoms with Crippen molar-refractivity contribution < 1.29 is 14.3 Å². The first-order chi connectivity index (χ1) is 13.2. The van der Waals surface area contributed by atoms with E-state index in [1.807, 2.05) is 55.6 Å². The van der Waals surface area contributed by atoms with Crippen LogP contribution in [0.25, 0.3) is 0 Å². The van der Waals surface area contributed by atoms with Crippen molar-refractivity contribution in [1.82, 2.24) is 14.9 Å². The summed E-state index contributed by atoms with van der Waals surface area (Å²) < 4.78 is 12.7. The summed E-state index contributed by atoms with van der Waals surface area (Å²) in [5.74, 6) is 1.53.